The maximum atomic E-state index is 13.4. The van der Waals surface area contributed by atoms with Crippen molar-refractivity contribution >= 4 is 5.97 Å². The lowest BCUT2D eigenvalue weighted by Gasteiger charge is -2.42. The van der Waals surface area contributed by atoms with E-state index in [1.807, 2.05) is 36.4 Å². The standard InChI is InChI=1S/C26H36N3O3/c1-29(19-8-15-24-27-16-9-17-28-24)18-7-14-23(20-29)32-25(30)26(31,22-12-5-6-13-22)21-10-3-2-4-11-21/h2-4,9-11,16-17,22-23,31H,5-8,12-15,18-20H2,1H3/q+1. The van der Waals surface area contributed by atoms with E-state index in [2.05, 4.69) is 17.0 Å². The number of likely N-dealkylation sites (N-methyl/N-ethyl adjacent to an activating group) is 1. The van der Waals surface area contributed by atoms with Gasteiger partial charge in [0.05, 0.1) is 20.1 Å². The fourth-order valence-corrected chi connectivity index (χ4v) is 5.55. The minimum atomic E-state index is -1.55. The number of hydrogen-bond donors (Lipinski definition) is 1. The van der Waals surface area contributed by atoms with Gasteiger partial charge in [0.2, 0.25) is 0 Å². The van der Waals surface area contributed by atoms with Crippen molar-refractivity contribution in [1.29, 1.82) is 0 Å². The number of ether oxygens (including phenoxy) is 1. The Morgan fingerprint density at radius 1 is 1.09 bits per heavy atom. The van der Waals surface area contributed by atoms with Gasteiger partial charge < -0.3 is 14.3 Å². The van der Waals surface area contributed by atoms with Crippen molar-refractivity contribution in [1.82, 2.24) is 9.97 Å². The second-order valence-corrected chi connectivity index (χ2v) is 9.80. The van der Waals surface area contributed by atoms with E-state index in [0.717, 1.165) is 81.3 Å². The zero-order valence-corrected chi connectivity index (χ0v) is 19.2. The van der Waals surface area contributed by atoms with Gasteiger partial charge in [0, 0.05) is 37.6 Å². The van der Waals surface area contributed by atoms with Crippen LogP contribution < -0.4 is 0 Å². The molecule has 1 N–H and O–H groups in total. The summed E-state index contributed by atoms with van der Waals surface area (Å²) in [5.74, 6) is 0.336. The minimum absolute atomic E-state index is 0.0762. The number of quaternary nitrogens is 1. The molecule has 32 heavy (non-hydrogen) atoms. The molecule has 1 aliphatic heterocycles. The van der Waals surface area contributed by atoms with Gasteiger partial charge in [-0.05, 0) is 30.9 Å². The average Bonchev–Trinajstić information content (AvgIpc) is 3.35. The Morgan fingerprint density at radius 3 is 2.53 bits per heavy atom. The predicted octanol–water partition coefficient (Wildman–Crippen LogP) is 3.64. The van der Waals surface area contributed by atoms with E-state index in [1.54, 1.807) is 12.4 Å². The van der Waals surface area contributed by atoms with Gasteiger partial charge >= 0.3 is 5.97 Å². The van der Waals surface area contributed by atoms with Gasteiger partial charge in [-0.25, -0.2) is 14.8 Å². The van der Waals surface area contributed by atoms with Gasteiger partial charge in [0.25, 0.3) is 0 Å². The quantitative estimate of drug-likeness (QED) is 0.503. The number of nitrogens with zero attached hydrogens (tertiary/aromatic N) is 3. The molecule has 0 spiro atoms. The molecule has 1 saturated carbocycles. The third-order valence-electron chi connectivity index (χ3n) is 7.33. The zero-order chi connectivity index (χ0) is 22.4. The topological polar surface area (TPSA) is 72.3 Å². The first kappa shape index (κ1) is 22.9. The summed E-state index contributed by atoms with van der Waals surface area (Å²) < 4.78 is 6.93. The van der Waals surface area contributed by atoms with Crippen LogP contribution in [-0.2, 0) is 21.6 Å². The summed E-state index contributed by atoms with van der Waals surface area (Å²) in [6.45, 7) is 2.87. The predicted molar refractivity (Wildman–Crippen MR) is 123 cm³/mol. The molecule has 1 saturated heterocycles. The van der Waals surface area contributed by atoms with Crippen LogP contribution in [0.25, 0.3) is 0 Å². The molecule has 0 radical (unpaired) electrons. The van der Waals surface area contributed by atoms with Crippen LogP contribution in [0.1, 0.15) is 56.3 Å². The molecule has 2 aromatic rings. The van der Waals surface area contributed by atoms with E-state index in [0.29, 0.717) is 5.56 Å². The van der Waals surface area contributed by atoms with Gasteiger partial charge in [-0.15, -0.1) is 0 Å². The number of esters is 1. The number of aryl methyl sites for hydroxylation is 1. The van der Waals surface area contributed by atoms with Crippen LogP contribution in [0.2, 0.25) is 0 Å². The number of likely N-dealkylation sites (tertiary alicyclic amines) is 1. The van der Waals surface area contributed by atoms with Crippen molar-refractivity contribution in [2.45, 2.75) is 63.1 Å². The van der Waals surface area contributed by atoms with Crippen LogP contribution >= 0.6 is 0 Å². The number of aromatic nitrogens is 2. The van der Waals surface area contributed by atoms with E-state index >= 15 is 0 Å². The third kappa shape index (κ3) is 5.18. The molecule has 3 unspecified atom stereocenters. The van der Waals surface area contributed by atoms with Gasteiger partial charge in [-0.1, -0.05) is 43.2 Å². The van der Waals surface area contributed by atoms with Gasteiger partial charge in [0.1, 0.15) is 12.4 Å². The maximum Gasteiger partial charge on any atom is 0.343 e. The molecular weight excluding hydrogens is 402 g/mol. The second kappa shape index (κ2) is 10.1. The minimum Gasteiger partial charge on any atom is -0.454 e. The number of benzene rings is 1. The van der Waals surface area contributed by atoms with E-state index in [9.17, 15) is 9.90 Å². The number of aliphatic hydroxyl groups is 1. The van der Waals surface area contributed by atoms with E-state index in [1.165, 1.54) is 0 Å². The highest BCUT2D eigenvalue weighted by molar-refractivity contribution is 5.81. The van der Waals surface area contributed by atoms with Crippen molar-refractivity contribution in [3.8, 4) is 0 Å². The summed E-state index contributed by atoms with van der Waals surface area (Å²) in [5.41, 5.74) is -0.892. The molecule has 2 fully saturated rings. The number of carbonyl (C=O) groups excluding carboxylic acids is 1. The molecule has 0 bridgehead atoms. The highest BCUT2D eigenvalue weighted by Crippen LogP contribution is 2.42. The Morgan fingerprint density at radius 2 is 1.81 bits per heavy atom. The van der Waals surface area contributed by atoms with Crippen LogP contribution in [0.3, 0.4) is 0 Å². The molecule has 4 rings (SSSR count). The molecule has 6 heteroatoms. The maximum absolute atomic E-state index is 13.4. The largest absolute Gasteiger partial charge is 0.454 e. The smallest absolute Gasteiger partial charge is 0.343 e. The number of hydrogen-bond acceptors (Lipinski definition) is 5. The Hall–Kier alpha value is -2.31. The molecule has 1 aliphatic carbocycles. The van der Waals surface area contributed by atoms with E-state index in [-0.39, 0.29) is 12.0 Å². The molecule has 3 atom stereocenters. The summed E-state index contributed by atoms with van der Waals surface area (Å²) in [6.07, 6.45) is 11.0. The van der Waals surface area contributed by atoms with Gasteiger partial charge in [-0.3, -0.25) is 0 Å². The summed E-state index contributed by atoms with van der Waals surface area (Å²) >= 11 is 0. The molecular formula is C26H36N3O3+. The van der Waals surface area contributed by atoms with Crippen LogP contribution in [-0.4, -0.2) is 58.3 Å². The lowest BCUT2D eigenvalue weighted by molar-refractivity contribution is -0.917. The average molecular weight is 439 g/mol. The number of piperidine rings is 1. The Bertz CT molecular complexity index is 872. The van der Waals surface area contributed by atoms with Crippen molar-refractivity contribution in [3.63, 3.8) is 0 Å². The van der Waals surface area contributed by atoms with Crippen LogP contribution in [0.5, 0.6) is 0 Å². The van der Waals surface area contributed by atoms with Crippen LogP contribution in [0, 0.1) is 5.92 Å². The fourth-order valence-electron chi connectivity index (χ4n) is 5.55. The Labute approximate surface area is 191 Å². The number of rotatable bonds is 8. The normalized spacial score (nSPS) is 25.9. The highest BCUT2D eigenvalue weighted by Gasteiger charge is 2.49. The third-order valence-corrected chi connectivity index (χ3v) is 7.33. The van der Waals surface area contributed by atoms with E-state index < -0.39 is 11.6 Å². The molecule has 6 nitrogen and oxygen atoms in total. The molecule has 1 aromatic carbocycles. The van der Waals surface area contributed by atoms with Crippen molar-refractivity contribution in [3.05, 3.63) is 60.2 Å². The summed E-state index contributed by atoms with van der Waals surface area (Å²) in [7, 11) is 2.24. The van der Waals surface area contributed by atoms with E-state index in [4.69, 9.17) is 4.74 Å². The first-order valence-corrected chi connectivity index (χ1v) is 12.1. The molecule has 2 aliphatic rings. The Kier molecular flexibility index (Phi) is 7.21. The highest BCUT2D eigenvalue weighted by atomic mass is 16.6. The molecule has 172 valence electrons. The lowest BCUT2D eigenvalue weighted by Crippen LogP contribution is -2.55. The second-order valence-electron chi connectivity index (χ2n) is 9.80. The fraction of sp³-hybridized carbons (Fsp3) is 0.577. The molecule has 1 aromatic heterocycles. The molecule has 0 amide bonds. The van der Waals surface area contributed by atoms with Crippen molar-refractivity contribution in [2.24, 2.45) is 5.92 Å². The van der Waals surface area contributed by atoms with Crippen molar-refractivity contribution < 1.29 is 19.1 Å². The number of carbonyl (C=O) groups is 1. The first-order chi connectivity index (χ1) is 15.5. The first-order valence-electron chi connectivity index (χ1n) is 12.1. The summed E-state index contributed by atoms with van der Waals surface area (Å²) in [5, 5.41) is 11.7. The SMILES string of the molecule is C[N+]1(CCCc2ncccn2)CCCC(OC(=O)C(O)(c2ccccc2)C2CCCC2)C1. The lowest BCUT2D eigenvalue weighted by atomic mass is 9.80. The van der Waals surface area contributed by atoms with Gasteiger partial charge in [-0.2, -0.15) is 0 Å². The summed E-state index contributed by atoms with van der Waals surface area (Å²) in [6, 6.07) is 11.2. The van der Waals surface area contributed by atoms with Crippen LogP contribution in [0.15, 0.2) is 48.8 Å². The zero-order valence-electron chi connectivity index (χ0n) is 19.2. The Balaban J connectivity index is 1.40. The monoisotopic (exact) mass is 438 g/mol. The van der Waals surface area contributed by atoms with Crippen LogP contribution in [0.4, 0.5) is 0 Å². The summed E-state index contributed by atoms with van der Waals surface area (Å²) in [4.78, 5) is 22.1. The van der Waals surface area contributed by atoms with Crippen molar-refractivity contribution in [2.75, 3.05) is 26.7 Å². The molecule has 2 heterocycles. The van der Waals surface area contributed by atoms with Gasteiger partial charge in [0.15, 0.2) is 11.7 Å².